The van der Waals surface area contributed by atoms with E-state index in [1.807, 2.05) is 36.1 Å². The van der Waals surface area contributed by atoms with Crippen molar-refractivity contribution in [1.82, 2.24) is 9.80 Å². The van der Waals surface area contributed by atoms with E-state index in [0.29, 0.717) is 11.8 Å². The molecule has 2 amide bonds. The molecule has 0 spiro atoms. The zero-order valence-electron chi connectivity index (χ0n) is 17.1. The number of carbonyl (C=O) groups excluding carboxylic acids is 1. The van der Waals surface area contributed by atoms with Crippen LogP contribution in [-0.4, -0.2) is 55.7 Å². The molecule has 28 heavy (non-hydrogen) atoms. The Morgan fingerprint density at radius 2 is 2.04 bits per heavy atom. The second-order valence-electron chi connectivity index (χ2n) is 7.59. The Balaban J connectivity index is 1.56. The molecule has 2 aromatic carbocycles. The first-order valence-electron chi connectivity index (χ1n) is 10.0. The molecular formula is C23H31N3O2. The summed E-state index contributed by atoms with van der Waals surface area (Å²) in [7, 11) is 3.79. The number of urea groups is 1. The van der Waals surface area contributed by atoms with E-state index in [4.69, 9.17) is 4.74 Å². The molecule has 5 heteroatoms. The van der Waals surface area contributed by atoms with Gasteiger partial charge < -0.3 is 19.9 Å². The average molecular weight is 382 g/mol. The molecular weight excluding hydrogens is 350 g/mol. The van der Waals surface area contributed by atoms with Crippen LogP contribution in [0.4, 0.5) is 10.5 Å². The van der Waals surface area contributed by atoms with Gasteiger partial charge in [0, 0.05) is 25.7 Å². The Morgan fingerprint density at radius 3 is 2.79 bits per heavy atom. The van der Waals surface area contributed by atoms with Crippen molar-refractivity contribution in [2.45, 2.75) is 32.2 Å². The van der Waals surface area contributed by atoms with E-state index in [2.05, 4.69) is 41.5 Å². The number of nitrogens with zero attached hydrogens (tertiary/aromatic N) is 2. The Labute approximate surface area is 168 Å². The first-order valence-corrected chi connectivity index (χ1v) is 10.0. The van der Waals surface area contributed by atoms with Crippen LogP contribution in [0.15, 0.2) is 48.5 Å². The highest BCUT2D eigenvalue weighted by Gasteiger charge is 2.26. The third-order valence-corrected chi connectivity index (χ3v) is 5.50. The van der Waals surface area contributed by atoms with Crippen molar-refractivity contribution in [3.05, 3.63) is 59.7 Å². The molecule has 0 unspecified atom stereocenters. The van der Waals surface area contributed by atoms with Crippen LogP contribution in [-0.2, 0) is 6.42 Å². The van der Waals surface area contributed by atoms with Gasteiger partial charge in [-0.05, 0) is 56.5 Å². The molecule has 1 aliphatic heterocycles. The lowest BCUT2D eigenvalue weighted by Crippen LogP contribution is -2.50. The van der Waals surface area contributed by atoms with Gasteiger partial charge in [0.1, 0.15) is 5.75 Å². The topological polar surface area (TPSA) is 44.8 Å². The Morgan fingerprint density at radius 1 is 1.25 bits per heavy atom. The Bertz CT molecular complexity index is 779. The molecule has 1 N–H and O–H groups in total. The molecule has 1 fully saturated rings. The highest BCUT2D eigenvalue weighted by Crippen LogP contribution is 2.26. The van der Waals surface area contributed by atoms with Gasteiger partial charge in [0.25, 0.3) is 0 Å². The smallest absolute Gasteiger partial charge is 0.322 e. The Hall–Kier alpha value is -2.53. The van der Waals surface area contributed by atoms with Crippen LogP contribution in [0, 0.1) is 6.92 Å². The molecule has 2 aromatic rings. The highest BCUT2D eigenvalue weighted by atomic mass is 16.5. The maximum atomic E-state index is 12.8. The summed E-state index contributed by atoms with van der Waals surface area (Å²) in [6.45, 7) is 4.55. The van der Waals surface area contributed by atoms with Gasteiger partial charge in [-0.25, -0.2) is 4.79 Å². The van der Waals surface area contributed by atoms with Gasteiger partial charge in [0.15, 0.2) is 0 Å². The fraction of sp³-hybridized carbons (Fsp3) is 0.435. The summed E-state index contributed by atoms with van der Waals surface area (Å²) in [5.74, 6) is 0.687. The molecule has 0 saturated carbocycles. The summed E-state index contributed by atoms with van der Waals surface area (Å²) in [6, 6.07) is 16.7. The zero-order chi connectivity index (χ0) is 19.9. The van der Waals surface area contributed by atoms with Gasteiger partial charge in [0.05, 0.1) is 12.8 Å². The monoisotopic (exact) mass is 381 g/mol. The predicted molar refractivity (Wildman–Crippen MR) is 114 cm³/mol. The summed E-state index contributed by atoms with van der Waals surface area (Å²) in [5, 5.41) is 3.03. The van der Waals surface area contributed by atoms with Crippen molar-refractivity contribution >= 4 is 11.7 Å². The minimum atomic E-state index is -0.0509. The van der Waals surface area contributed by atoms with E-state index in [1.54, 1.807) is 7.11 Å². The van der Waals surface area contributed by atoms with Crippen molar-refractivity contribution in [3.8, 4) is 5.75 Å². The zero-order valence-corrected chi connectivity index (χ0v) is 17.1. The van der Waals surface area contributed by atoms with Gasteiger partial charge in [-0.3, -0.25) is 0 Å². The molecule has 3 rings (SSSR count). The number of rotatable bonds is 6. The van der Waals surface area contributed by atoms with Crippen molar-refractivity contribution in [1.29, 1.82) is 0 Å². The highest BCUT2D eigenvalue weighted by molar-refractivity contribution is 5.91. The van der Waals surface area contributed by atoms with E-state index in [9.17, 15) is 4.79 Å². The van der Waals surface area contributed by atoms with E-state index >= 15 is 0 Å². The third-order valence-electron chi connectivity index (χ3n) is 5.50. The minimum Gasteiger partial charge on any atom is -0.495 e. The number of anilines is 1. The SMILES string of the molecule is COc1ccc(C)cc1NC(=O)N1CCC[C@H](N(C)CCc2ccccc2)C1. The number of carbonyl (C=O) groups is 1. The lowest BCUT2D eigenvalue weighted by molar-refractivity contribution is 0.133. The maximum absolute atomic E-state index is 12.8. The normalized spacial score (nSPS) is 16.9. The van der Waals surface area contributed by atoms with Crippen LogP contribution in [0.3, 0.4) is 0 Å². The average Bonchev–Trinajstić information content (AvgIpc) is 2.73. The number of amides is 2. The van der Waals surface area contributed by atoms with Crippen molar-refractivity contribution < 1.29 is 9.53 Å². The number of likely N-dealkylation sites (tertiary alicyclic amines) is 1. The molecule has 0 aromatic heterocycles. The predicted octanol–water partition coefficient (Wildman–Crippen LogP) is 4.17. The van der Waals surface area contributed by atoms with E-state index in [1.165, 1.54) is 5.56 Å². The summed E-state index contributed by atoms with van der Waals surface area (Å²) < 4.78 is 5.38. The maximum Gasteiger partial charge on any atom is 0.322 e. The van der Waals surface area contributed by atoms with Crippen LogP contribution >= 0.6 is 0 Å². The van der Waals surface area contributed by atoms with Gasteiger partial charge in [0.2, 0.25) is 0 Å². The van der Waals surface area contributed by atoms with Gasteiger partial charge >= 0.3 is 6.03 Å². The molecule has 1 saturated heterocycles. The van der Waals surface area contributed by atoms with Crippen LogP contribution in [0.5, 0.6) is 5.75 Å². The summed E-state index contributed by atoms with van der Waals surface area (Å²) >= 11 is 0. The van der Waals surface area contributed by atoms with Crippen molar-refractivity contribution in [3.63, 3.8) is 0 Å². The fourth-order valence-corrected chi connectivity index (χ4v) is 3.75. The van der Waals surface area contributed by atoms with Crippen LogP contribution in [0.25, 0.3) is 0 Å². The Kier molecular flexibility index (Phi) is 6.93. The molecule has 0 bridgehead atoms. The second-order valence-corrected chi connectivity index (χ2v) is 7.59. The quantitative estimate of drug-likeness (QED) is 0.817. The molecule has 1 heterocycles. The van der Waals surface area contributed by atoms with Crippen LogP contribution in [0.2, 0.25) is 0 Å². The number of piperidine rings is 1. The molecule has 150 valence electrons. The number of aryl methyl sites for hydroxylation is 1. The third kappa shape index (κ3) is 5.26. The lowest BCUT2D eigenvalue weighted by Gasteiger charge is -2.37. The number of ether oxygens (including phenoxy) is 1. The summed E-state index contributed by atoms with van der Waals surface area (Å²) in [6.07, 6.45) is 3.18. The van der Waals surface area contributed by atoms with E-state index in [0.717, 1.165) is 50.1 Å². The number of benzene rings is 2. The molecule has 0 aliphatic carbocycles. The van der Waals surface area contributed by atoms with Crippen LogP contribution < -0.4 is 10.1 Å². The molecule has 0 radical (unpaired) electrons. The number of nitrogens with one attached hydrogen (secondary N) is 1. The summed E-state index contributed by atoms with van der Waals surface area (Å²) in [5.41, 5.74) is 3.17. The van der Waals surface area contributed by atoms with Gasteiger partial charge in [-0.1, -0.05) is 36.4 Å². The van der Waals surface area contributed by atoms with Crippen LogP contribution in [0.1, 0.15) is 24.0 Å². The fourth-order valence-electron chi connectivity index (χ4n) is 3.75. The number of likely N-dealkylation sites (N-methyl/N-ethyl adjacent to an activating group) is 1. The first-order chi connectivity index (χ1) is 13.6. The second kappa shape index (κ2) is 9.60. The van der Waals surface area contributed by atoms with Gasteiger partial charge in [-0.2, -0.15) is 0 Å². The van der Waals surface area contributed by atoms with Crippen molar-refractivity contribution in [2.75, 3.05) is 39.1 Å². The molecule has 5 nitrogen and oxygen atoms in total. The first kappa shape index (κ1) is 20.2. The van der Waals surface area contributed by atoms with Gasteiger partial charge in [-0.15, -0.1) is 0 Å². The lowest BCUT2D eigenvalue weighted by atomic mass is 10.0. The largest absolute Gasteiger partial charge is 0.495 e. The van der Waals surface area contributed by atoms with E-state index in [-0.39, 0.29) is 6.03 Å². The minimum absolute atomic E-state index is 0.0509. The number of hydrogen-bond donors (Lipinski definition) is 1. The summed E-state index contributed by atoms with van der Waals surface area (Å²) in [4.78, 5) is 17.1. The van der Waals surface area contributed by atoms with Crippen molar-refractivity contribution in [2.24, 2.45) is 0 Å². The number of methoxy groups -OCH3 is 1. The molecule has 1 aliphatic rings. The van der Waals surface area contributed by atoms with E-state index < -0.39 is 0 Å². The standard InChI is InChI=1S/C23H31N3O2/c1-18-11-12-22(28-3)21(16-18)24-23(27)26-14-7-10-20(17-26)25(2)15-13-19-8-5-4-6-9-19/h4-6,8-9,11-12,16,20H,7,10,13-15,17H2,1-3H3,(H,24,27)/t20-/m0/s1. The number of hydrogen-bond acceptors (Lipinski definition) is 3. The molecule has 1 atom stereocenters.